The van der Waals surface area contributed by atoms with E-state index < -0.39 is 6.10 Å². The highest BCUT2D eigenvalue weighted by Crippen LogP contribution is 2.18. The third-order valence-electron chi connectivity index (χ3n) is 3.11. The van der Waals surface area contributed by atoms with Crippen LogP contribution < -0.4 is 14.8 Å². The Labute approximate surface area is 128 Å². The standard InChI is InChI=1S/C17H18FNO3/c1-3-16(22-15-8-4-12(18)5-9-15)17(20)19-13-6-10-14(21-2)11-7-13/h4-11,16H,3H2,1-2H3,(H,19,20). The molecule has 1 unspecified atom stereocenters. The number of carbonyl (C=O) groups excluding carboxylic acids is 1. The molecule has 0 aliphatic carbocycles. The lowest BCUT2D eigenvalue weighted by atomic mass is 10.2. The molecule has 5 heteroatoms. The minimum atomic E-state index is -0.646. The molecule has 0 saturated heterocycles. The molecule has 0 heterocycles. The molecule has 2 rings (SSSR count). The van der Waals surface area contributed by atoms with E-state index in [9.17, 15) is 9.18 Å². The molecule has 0 fully saturated rings. The van der Waals surface area contributed by atoms with Gasteiger partial charge in [-0.3, -0.25) is 4.79 Å². The van der Waals surface area contributed by atoms with Gasteiger partial charge in [0.15, 0.2) is 6.10 Å². The molecule has 0 aliphatic heterocycles. The fourth-order valence-electron chi connectivity index (χ4n) is 1.90. The quantitative estimate of drug-likeness (QED) is 0.886. The summed E-state index contributed by atoms with van der Waals surface area (Å²) in [5.41, 5.74) is 0.659. The van der Waals surface area contributed by atoms with E-state index >= 15 is 0 Å². The Balaban J connectivity index is 1.99. The van der Waals surface area contributed by atoms with E-state index in [-0.39, 0.29) is 11.7 Å². The predicted molar refractivity (Wildman–Crippen MR) is 82.7 cm³/mol. The minimum Gasteiger partial charge on any atom is -0.497 e. The zero-order chi connectivity index (χ0) is 15.9. The van der Waals surface area contributed by atoms with Gasteiger partial charge in [-0.05, 0) is 55.0 Å². The number of halogens is 1. The fraction of sp³-hybridized carbons (Fsp3) is 0.235. The summed E-state index contributed by atoms with van der Waals surface area (Å²) in [6.45, 7) is 1.85. The van der Waals surface area contributed by atoms with Crippen LogP contribution in [-0.4, -0.2) is 19.1 Å². The van der Waals surface area contributed by atoms with E-state index in [1.165, 1.54) is 24.3 Å². The molecule has 0 aromatic heterocycles. The van der Waals surface area contributed by atoms with Crippen molar-refractivity contribution in [3.63, 3.8) is 0 Å². The Morgan fingerprint density at radius 3 is 2.23 bits per heavy atom. The van der Waals surface area contributed by atoms with Crippen LogP contribution in [0.25, 0.3) is 0 Å². The van der Waals surface area contributed by atoms with Gasteiger partial charge in [-0.25, -0.2) is 4.39 Å². The van der Waals surface area contributed by atoms with Crippen LogP contribution in [0.1, 0.15) is 13.3 Å². The third-order valence-corrected chi connectivity index (χ3v) is 3.11. The maximum atomic E-state index is 12.9. The molecule has 0 aliphatic rings. The number of ether oxygens (including phenoxy) is 2. The molecule has 0 spiro atoms. The summed E-state index contributed by atoms with van der Waals surface area (Å²) < 4.78 is 23.5. The van der Waals surface area contributed by atoms with E-state index in [0.717, 1.165) is 0 Å². The first-order valence-electron chi connectivity index (χ1n) is 6.99. The van der Waals surface area contributed by atoms with Gasteiger partial charge in [0.05, 0.1) is 7.11 Å². The number of hydrogen-bond acceptors (Lipinski definition) is 3. The first kappa shape index (κ1) is 15.8. The summed E-state index contributed by atoms with van der Waals surface area (Å²) in [6.07, 6.45) is -0.146. The highest BCUT2D eigenvalue weighted by atomic mass is 19.1. The van der Waals surface area contributed by atoms with Gasteiger partial charge in [0.2, 0.25) is 0 Å². The number of anilines is 1. The van der Waals surface area contributed by atoms with Crippen LogP contribution in [0, 0.1) is 5.82 Å². The van der Waals surface area contributed by atoms with Gasteiger partial charge < -0.3 is 14.8 Å². The van der Waals surface area contributed by atoms with Crippen molar-refractivity contribution in [2.45, 2.75) is 19.4 Å². The Bertz CT molecular complexity index is 611. The molecule has 0 radical (unpaired) electrons. The van der Waals surface area contributed by atoms with E-state index in [0.29, 0.717) is 23.6 Å². The van der Waals surface area contributed by atoms with Crippen molar-refractivity contribution in [2.24, 2.45) is 0 Å². The van der Waals surface area contributed by atoms with Crippen LogP contribution in [-0.2, 0) is 4.79 Å². The molecule has 2 aromatic carbocycles. The highest BCUT2D eigenvalue weighted by molar-refractivity contribution is 5.94. The van der Waals surface area contributed by atoms with Crippen LogP contribution in [0.2, 0.25) is 0 Å². The van der Waals surface area contributed by atoms with Crippen molar-refractivity contribution >= 4 is 11.6 Å². The molecule has 1 atom stereocenters. The van der Waals surface area contributed by atoms with Crippen molar-refractivity contribution in [1.82, 2.24) is 0 Å². The Hall–Kier alpha value is -2.56. The van der Waals surface area contributed by atoms with Gasteiger partial charge in [-0.2, -0.15) is 0 Å². The second-order valence-electron chi connectivity index (χ2n) is 4.69. The molecule has 0 bridgehead atoms. The number of hydrogen-bond donors (Lipinski definition) is 1. The normalized spacial score (nSPS) is 11.6. The van der Waals surface area contributed by atoms with Gasteiger partial charge in [-0.1, -0.05) is 6.92 Å². The van der Waals surface area contributed by atoms with E-state index in [1.54, 1.807) is 31.4 Å². The molecule has 4 nitrogen and oxygen atoms in total. The molecule has 0 saturated carbocycles. The number of methoxy groups -OCH3 is 1. The van der Waals surface area contributed by atoms with E-state index in [2.05, 4.69) is 5.32 Å². The summed E-state index contributed by atoms with van der Waals surface area (Å²) in [5.74, 6) is 0.575. The number of rotatable bonds is 6. The highest BCUT2D eigenvalue weighted by Gasteiger charge is 2.18. The van der Waals surface area contributed by atoms with Gasteiger partial charge in [0.25, 0.3) is 5.91 Å². The number of nitrogens with one attached hydrogen (secondary N) is 1. The van der Waals surface area contributed by atoms with E-state index in [4.69, 9.17) is 9.47 Å². The minimum absolute atomic E-state index is 0.253. The molecular weight excluding hydrogens is 285 g/mol. The van der Waals surface area contributed by atoms with Crippen molar-refractivity contribution < 1.29 is 18.7 Å². The molecule has 2 aromatic rings. The van der Waals surface area contributed by atoms with Gasteiger partial charge in [-0.15, -0.1) is 0 Å². The smallest absolute Gasteiger partial charge is 0.265 e. The van der Waals surface area contributed by atoms with E-state index in [1.807, 2.05) is 6.92 Å². The van der Waals surface area contributed by atoms with Gasteiger partial charge >= 0.3 is 0 Å². The summed E-state index contributed by atoms with van der Waals surface area (Å²) in [5, 5.41) is 2.78. The maximum absolute atomic E-state index is 12.9. The molecule has 22 heavy (non-hydrogen) atoms. The van der Waals surface area contributed by atoms with Crippen molar-refractivity contribution in [2.75, 3.05) is 12.4 Å². The van der Waals surface area contributed by atoms with Crippen LogP contribution in [0.3, 0.4) is 0 Å². The average Bonchev–Trinajstić information content (AvgIpc) is 2.55. The van der Waals surface area contributed by atoms with Crippen LogP contribution in [0.15, 0.2) is 48.5 Å². The lowest BCUT2D eigenvalue weighted by Crippen LogP contribution is -2.32. The summed E-state index contributed by atoms with van der Waals surface area (Å²) in [7, 11) is 1.58. The first-order chi connectivity index (χ1) is 10.6. The Kier molecular flexibility index (Phi) is 5.36. The predicted octanol–water partition coefficient (Wildman–Crippen LogP) is 3.63. The first-order valence-corrected chi connectivity index (χ1v) is 6.99. The zero-order valence-corrected chi connectivity index (χ0v) is 12.5. The zero-order valence-electron chi connectivity index (χ0n) is 12.5. The molecule has 116 valence electrons. The molecular formula is C17H18FNO3. The number of carbonyl (C=O) groups is 1. The van der Waals surface area contributed by atoms with Crippen LogP contribution in [0.4, 0.5) is 10.1 Å². The fourth-order valence-corrected chi connectivity index (χ4v) is 1.90. The maximum Gasteiger partial charge on any atom is 0.265 e. The third kappa shape index (κ3) is 4.22. The lowest BCUT2D eigenvalue weighted by molar-refractivity contribution is -0.122. The topological polar surface area (TPSA) is 47.6 Å². The van der Waals surface area contributed by atoms with Crippen molar-refractivity contribution in [3.05, 3.63) is 54.3 Å². The lowest BCUT2D eigenvalue weighted by Gasteiger charge is -2.17. The van der Waals surface area contributed by atoms with Crippen molar-refractivity contribution in [3.8, 4) is 11.5 Å². The summed E-state index contributed by atoms with van der Waals surface area (Å²) in [6, 6.07) is 12.6. The summed E-state index contributed by atoms with van der Waals surface area (Å²) >= 11 is 0. The van der Waals surface area contributed by atoms with Gasteiger partial charge in [0, 0.05) is 5.69 Å². The SMILES string of the molecule is CCC(Oc1ccc(F)cc1)C(=O)Nc1ccc(OC)cc1. The monoisotopic (exact) mass is 303 g/mol. The number of amides is 1. The average molecular weight is 303 g/mol. The van der Waals surface area contributed by atoms with Crippen LogP contribution >= 0.6 is 0 Å². The van der Waals surface area contributed by atoms with Crippen molar-refractivity contribution in [1.29, 1.82) is 0 Å². The molecule has 1 amide bonds. The van der Waals surface area contributed by atoms with Gasteiger partial charge in [0.1, 0.15) is 17.3 Å². The molecule has 1 N–H and O–H groups in total. The largest absolute Gasteiger partial charge is 0.497 e. The summed E-state index contributed by atoms with van der Waals surface area (Å²) in [4.78, 5) is 12.2. The second kappa shape index (κ2) is 7.45. The van der Waals surface area contributed by atoms with Crippen LogP contribution in [0.5, 0.6) is 11.5 Å². The Morgan fingerprint density at radius 2 is 1.68 bits per heavy atom. The second-order valence-corrected chi connectivity index (χ2v) is 4.69. The Morgan fingerprint density at radius 1 is 1.09 bits per heavy atom. The number of benzene rings is 2.